The minimum Gasteiger partial charge on any atom is -0.493 e. The first-order valence-corrected chi connectivity index (χ1v) is 8.39. The smallest absolute Gasteiger partial charge is 0.315 e. The molecule has 1 aromatic carbocycles. The zero-order chi connectivity index (χ0) is 16.7. The van der Waals surface area contributed by atoms with Crippen LogP contribution in [0.1, 0.15) is 38.2 Å². The summed E-state index contributed by atoms with van der Waals surface area (Å²) in [7, 11) is 3.24. The average Bonchev–Trinajstić information content (AvgIpc) is 2.56. The number of benzene rings is 1. The van der Waals surface area contributed by atoms with Crippen LogP contribution in [0.5, 0.6) is 11.5 Å². The van der Waals surface area contributed by atoms with E-state index < -0.39 is 0 Å². The number of hydrogen-bond acceptors (Lipinski definition) is 3. The molecule has 0 spiro atoms. The van der Waals surface area contributed by atoms with Crippen LogP contribution >= 0.6 is 0 Å². The van der Waals surface area contributed by atoms with Crippen molar-refractivity contribution >= 4 is 6.03 Å². The molecule has 23 heavy (non-hydrogen) atoms. The van der Waals surface area contributed by atoms with Crippen molar-refractivity contribution in [3.05, 3.63) is 23.8 Å². The monoisotopic (exact) mass is 320 g/mol. The summed E-state index contributed by atoms with van der Waals surface area (Å²) >= 11 is 0. The lowest BCUT2D eigenvalue weighted by Gasteiger charge is -2.29. The van der Waals surface area contributed by atoms with E-state index >= 15 is 0 Å². The highest BCUT2D eigenvalue weighted by molar-refractivity contribution is 5.74. The van der Waals surface area contributed by atoms with Gasteiger partial charge in [0, 0.05) is 12.6 Å². The maximum absolute atomic E-state index is 12.0. The maximum atomic E-state index is 12.0. The van der Waals surface area contributed by atoms with Gasteiger partial charge in [0.1, 0.15) is 0 Å². The molecular formula is C18H28N2O3. The van der Waals surface area contributed by atoms with Gasteiger partial charge in [-0.25, -0.2) is 4.79 Å². The van der Waals surface area contributed by atoms with Gasteiger partial charge in [-0.15, -0.1) is 0 Å². The van der Waals surface area contributed by atoms with Gasteiger partial charge in [0.15, 0.2) is 11.5 Å². The van der Waals surface area contributed by atoms with Crippen molar-refractivity contribution in [1.29, 1.82) is 0 Å². The summed E-state index contributed by atoms with van der Waals surface area (Å²) in [6.07, 6.45) is 5.54. The molecule has 1 aliphatic rings. The first kappa shape index (κ1) is 17.4. The fourth-order valence-corrected chi connectivity index (χ4v) is 3.11. The van der Waals surface area contributed by atoms with Gasteiger partial charge in [0.25, 0.3) is 0 Å². The first-order valence-electron chi connectivity index (χ1n) is 8.39. The second kappa shape index (κ2) is 8.65. The predicted octanol–water partition coefficient (Wildman–Crippen LogP) is 3.12. The number of rotatable bonds is 6. The number of amides is 2. The van der Waals surface area contributed by atoms with Crippen molar-refractivity contribution in [3.8, 4) is 11.5 Å². The molecule has 1 saturated carbocycles. The fraction of sp³-hybridized carbons (Fsp3) is 0.611. The highest BCUT2D eigenvalue weighted by Gasteiger charge is 2.22. The molecule has 1 aromatic rings. The highest BCUT2D eigenvalue weighted by Crippen LogP contribution is 2.27. The van der Waals surface area contributed by atoms with E-state index in [1.165, 1.54) is 19.3 Å². The molecule has 2 rings (SSSR count). The Morgan fingerprint density at radius 1 is 1.17 bits per heavy atom. The van der Waals surface area contributed by atoms with Crippen molar-refractivity contribution < 1.29 is 14.3 Å². The van der Waals surface area contributed by atoms with Crippen LogP contribution in [0.15, 0.2) is 18.2 Å². The van der Waals surface area contributed by atoms with E-state index in [9.17, 15) is 4.79 Å². The normalized spacial score (nSPS) is 20.7. The molecule has 5 heteroatoms. The summed E-state index contributed by atoms with van der Waals surface area (Å²) in [6.45, 7) is 2.82. The molecule has 2 unspecified atom stereocenters. The standard InChI is InChI=1S/C18H28N2O3/c1-13-6-4-5-7-15(13)20-18(21)19-11-10-14-8-9-16(22-2)17(12-14)23-3/h8-9,12-13,15H,4-7,10-11H2,1-3H3,(H2,19,20,21). The van der Waals surface area contributed by atoms with E-state index in [1.807, 2.05) is 18.2 Å². The molecule has 0 saturated heterocycles. The Morgan fingerprint density at radius 2 is 1.91 bits per heavy atom. The van der Waals surface area contributed by atoms with E-state index in [4.69, 9.17) is 9.47 Å². The highest BCUT2D eigenvalue weighted by atomic mass is 16.5. The summed E-state index contributed by atoms with van der Waals surface area (Å²) in [4.78, 5) is 12.0. The number of methoxy groups -OCH3 is 2. The van der Waals surface area contributed by atoms with E-state index in [-0.39, 0.29) is 6.03 Å². The molecule has 0 aromatic heterocycles. The molecule has 2 amide bonds. The minimum atomic E-state index is -0.0655. The van der Waals surface area contributed by atoms with Crippen LogP contribution in [0.3, 0.4) is 0 Å². The Labute approximate surface area is 138 Å². The quantitative estimate of drug-likeness (QED) is 0.846. The number of carbonyl (C=O) groups excluding carboxylic acids is 1. The van der Waals surface area contributed by atoms with Gasteiger partial charge in [-0.2, -0.15) is 0 Å². The Kier molecular flexibility index (Phi) is 6.56. The van der Waals surface area contributed by atoms with E-state index in [2.05, 4.69) is 17.6 Å². The summed E-state index contributed by atoms with van der Waals surface area (Å²) in [5.41, 5.74) is 1.11. The topological polar surface area (TPSA) is 59.6 Å². The largest absolute Gasteiger partial charge is 0.493 e. The molecule has 0 heterocycles. The number of nitrogens with one attached hydrogen (secondary N) is 2. The lowest BCUT2D eigenvalue weighted by molar-refractivity contribution is 0.222. The summed E-state index contributed by atoms with van der Waals surface area (Å²) < 4.78 is 10.5. The molecule has 1 fully saturated rings. The maximum Gasteiger partial charge on any atom is 0.315 e. The van der Waals surface area contributed by atoms with Crippen molar-refractivity contribution in [2.75, 3.05) is 20.8 Å². The number of urea groups is 1. The van der Waals surface area contributed by atoms with Gasteiger partial charge in [0.05, 0.1) is 14.2 Å². The molecule has 128 valence electrons. The van der Waals surface area contributed by atoms with Crippen LogP contribution in [0.25, 0.3) is 0 Å². The average molecular weight is 320 g/mol. The van der Waals surface area contributed by atoms with Gasteiger partial charge >= 0.3 is 6.03 Å². The van der Waals surface area contributed by atoms with Crippen LogP contribution in [0, 0.1) is 5.92 Å². The fourth-order valence-electron chi connectivity index (χ4n) is 3.11. The lowest BCUT2D eigenvalue weighted by atomic mass is 9.86. The molecule has 5 nitrogen and oxygen atoms in total. The molecule has 2 atom stereocenters. The van der Waals surface area contributed by atoms with Crippen LogP contribution in [-0.4, -0.2) is 32.8 Å². The van der Waals surface area contributed by atoms with E-state index in [0.717, 1.165) is 18.4 Å². The van der Waals surface area contributed by atoms with E-state index in [1.54, 1.807) is 14.2 Å². The molecule has 0 bridgehead atoms. The summed E-state index contributed by atoms with van der Waals surface area (Å²) in [5, 5.41) is 6.04. The summed E-state index contributed by atoms with van der Waals surface area (Å²) in [5.74, 6) is 2.00. The number of ether oxygens (including phenoxy) is 2. The zero-order valence-electron chi connectivity index (χ0n) is 14.4. The van der Waals surface area contributed by atoms with Crippen LogP contribution in [0.4, 0.5) is 4.79 Å². The summed E-state index contributed by atoms with van der Waals surface area (Å²) in [6, 6.07) is 6.07. The second-order valence-electron chi connectivity index (χ2n) is 6.21. The second-order valence-corrected chi connectivity index (χ2v) is 6.21. The molecule has 1 aliphatic carbocycles. The Bertz CT molecular complexity index is 519. The van der Waals surface area contributed by atoms with Crippen LogP contribution in [0.2, 0.25) is 0 Å². The Hall–Kier alpha value is -1.91. The van der Waals surface area contributed by atoms with Crippen LogP contribution in [-0.2, 0) is 6.42 Å². The molecule has 0 radical (unpaired) electrons. The van der Waals surface area contributed by atoms with Crippen molar-refractivity contribution in [2.45, 2.75) is 45.1 Å². The molecule has 2 N–H and O–H groups in total. The van der Waals surface area contributed by atoms with Crippen LogP contribution < -0.4 is 20.1 Å². The van der Waals surface area contributed by atoms with E-state index in [0.29, 0.717) is 30.0 Å². The molecule has 0 aliphatic heterocycles. The Balaban J connectivity index is 1.77. The van der Waals surface area contributed by atoms with Gasteiger partial charge in [-0.3, -0.25) is 0 Å². The van der Waals surface area contributed by atoms with Gasteiger partial charge < -0.3 is 20.1 Å². The third-order valence-corrected chi connectivity index (χ3v) is 4.58. The first-order chi connectivity index (χ1) is 11.1. The third-order valence-electron chi connectivity index (χ3n) is 4.58. The van der Waals surface area contributed by atoms with Crippen molar-refractivity contribution in [1.82, 2.24) is 10.6 Å². The number of carbonyl (C=O) groups is 1. The molecular weight excluding hydrogens is 292 g/mol. The van der Waals surface area contributed by atoms with Crippen molar-refractivity contribution in [3.63, 3.8) is 0 Å². The minimum absolute atomic E-state index is 0.0655. The van der Waals surface area contributed by atoms with Crippen molar-refractivity contribution in [2.24, 2.45) is 5.92 Å². The van der Waals surface area contributed by atoms with Gasteiger partial charge in [-0.1, -0.05) is 25.8 Å². The number of hydrogen-bond donors (Lipinski definition) is 2. The zero-order valence-corrected chi connectivity index (χ0v) is 14.4. The van der Waals surface area contributed by atoms with Gasteiger partial charge in [-0.05, 0) is 42.9 Å². The SMILES string of the molecule is COc1ccc(CCNC(=O)NC2CCCCC2C)cc1OC. The lowest BCUT2D eigenvalue weighted by Crippen LogP contribution is -2.46. The predicted molar refractivity (Wildman–Crippen MR) is 91.2 cm³/mol. The van der Waals surface area contributed by atoms with Gasteiger partial charge in [0.2, 0.25) is 0 Å². The Morgan fingerprint density at radius 3 is 2.61 bits per heavy atom. The third kappa shape index (κ3) is 5.05.